The Morgan fingerprint density at radius 2 is 1.72 bits per heavy atom. The van der Waals surface area contributed by atoms with Crippen LogP contribution >= 0.6 is 15.6 Å². The van der Waals surface area contributed by atoms with Crippen molar-refractivity contribution in [2.45, 2.75) is 6.92 Å². The van der Waals surface area contributed by atoms with Crippen LogP contribution in [-0.2, 0) is 22.7 Å². The fourth-order valence-corrected chi connectivity index (χ4v) is 1.89. The maximum absolute atomic E-state index is 11.7. The van der Waals surface area contributed by atoms with Crippen molar-refractivity contribution in [3.8, 4) is 0 Å². The molecule has 0 saturated heterocycles. The fourth-order valence-electron chi connectivity index (χ4n) is 0.758. The Kier molecular flexibility index (Phi) is 8.37. The predicted molar refractivity (Wildman–Crippen MR) is 58.0 cm³/mol. The lowest BCUT2D eigenvalue weighted by molar-refractivity contribution is 0.104. The highest BCUT2D eigenvalue weighted by atomic mass is 31.2. The molecule has 0 heterocycles. The van der Waals surface area contributed by atoms with Gasteiger partial charge in [0.25, 0.3) is 0 Å². The molecule has 110 valence electrons. The minimum Gasteiger partial charge on any atom is -0.303 e. The van der Waals surface area contributed by atoms with Gasteiger partial charge in [-0.2, -0.15) is 5.54 Å². The monoisotopic (exact) mass is 311 g/mol. The highest BCUT2D eigenvalue weighted by Crippen LogP contribution is 2.44. The molecule has 2 unspecified atom stereocenters. The molecule has 0 rings (SSSR count). The van der Waals surface area contributed by atoms with Gasteiger partial charge < -0.3 is 14.7 Å². The summed E-state index contributed by atoms with van der Waals surface area (Å²) in [5.41, 5.74) is 1.37. The van der Waals surface area contributed by atoms with Crippen molar-refractivity contribution in [2.24, 2.45) is 5.92 Å². The van der Waals surface area contributed by atoms with Gasteiger partial charge in [-0.05, 0) is 5.92 Å². The smallest absolute Gasteiger partial charge is 0.303 e. The molecule has 0 bridgehead atoms. The normalized spacial score (nSPS) is 17.4. The van der Waals surface area contributed by atoms with E-state index >= 15 is 0 Å². The summed E-state index contributed by atoms with van der Waals surface area (Å²) in [5.74, 6) is -0.356. The Labute approximate surface area is 103 Å². The van der Waals surface area contributed by atoms with Crippen molar-refractivity contribution < 1.29 is 41.9 Å². The molecule has 0 aliphatic heterocycles. The van der Waals surface area contributed by atoms with E-state index in [1.54, 1.807) is 6.92 Å². The third-order valence-electron chi connectivity index (χ3n) is 1.55. The van der Waals surface area contributed by atoms with Crippen LogP contribution in [0.3, 0.4) is 0 Å². The van der Waals surface area contributed by atoms with Crippen molar-refractivity contribution in [2.75, 3.05) is 26.4 Å². The van der Waals surface area contributed by atoms with E-state index in [-0.39, 0.29) is 19.1 Å². The number of phosphoric ester groups is 2. The van der Waals surface area contributed by atoms with Crippen LogP contribution in [0.4, 0.5) is 4.48 Å². The number of halogens is 1. The van der Waals surface area contributed by atoms with Crippen LogP contribution in [0.1, 0.15) is 6.92 Å². The number of rotatable bonds is 10. The molecule has 0 aliphatic rings. The highest BCUT2D eigenvalue weighted by molar-refractivity contribution is 7.47. The molecule has 0 spiro atoms. The average molecular weight is 311 g/mol. The maximum Gasteiger partial charge on any atom is 0.472 e. The molecule has 0 aromatic rings. The third-order valence-corrected chi connectivity index (χ3v) is 3.05. The van der Waals surface area contributed by atoms with E-state index in [0.717, 1.165) is 0 Å². The average Bonchev–Trinajstić information content (AvgIpc) is 2.21. The number of phosphoric acid groups is 2. The molecule has 0 aromatic heterocycles. The molecule has 18 heavy (non-hydrogen) atoms. The summed E-state index contributed by atoms with van der Waals surface area (Å²) in [6, 6.07) is 0. The highest BCUT2D eigenvalue weighted by Gasteiger charge is 2.23. The molecule has 12 heteroatoms. The first-order chi connectivity index (χ1) is 8.16. The van der Waals surface area contributed by atoms with Crippen molar-refractivity contribution in [1.82, 2.24) is 5.54 Å². The lowest BCUT2D eigenvalue weighted by Crippen LogP contribution is -2.17. The Morgan fingerprint density at radius 3 is 2.22 bits per heavy atom. The second kappa shape index (κ2) is 8.31. The van der Waals surface area contributed by atoms with Crippen LogP contribution in [0, 0.1) is 5.92 Å². The zero-order valence-corrected chi connectivity index (χ0v) is 11.3. The molecule has 0 amide bonds. The zero-order valence-electron chi connectivity index (χ0n) is 9.56. The summed E-state index contributed by atoms with van der Waals surface area (Å²) in [6.07, 6.45) is 0. The Bertz CT molecular complexity index is 323. The first-order valence-electron chi connectivity index (χ1n) is 4.82. The summed E-state index contributed by atoms with van der Waals surface area (Å²) < 4.78 is 46.0. The van der Waals surface area contributed by atoms with E-state index in [9.17, 15) is 13.6 Å². The summed E-state index contributed by atoms with van der Waals surface area (Å²) in [5, 5.41) is 0. The first kappa shape index (κ1) is 18.1. The lowest BCUT2D eigenvalue weighted by Gasteiger charge is -2.15. The summed E-state index contributed by atoms with van der Waals surface area (Å²) in [6.45, 7) is 0.198. The first-order valence-corrected chi connectivity index (χ1v) is 7.84. The summed E-state index contributed by atoms with van der Waals surface area (Å²) >= 11 is 0. The van der Waals surface area contributed by atoms with Gasteiger partial charge in [0.15, 0.2) is 0 Å². The quantitative estimate of drug-likeness (QED) is 0.256. The molecule has 0 saturated carbocycles. The zero-order chi connectivity index (χ0) is 14.2. The van der Waals surface area contributed by atoms with Gasteiger partial charge in [0.05, 0.1) is 19.8 Å². The molecule has 9 nitrogen and oxygen atoms in total. The minimum atomic E-state index is -4.63. The molecule has 2 atom stereocenters. The van der Waals surface area contributed by atoms with Crippen LogP contribution in [0.2, 0.25) is 0 Å². The van der Waals surface area contributed by atoms with Gasteiger partial charge in [-0.15, -0.1) is 4.48 Å². The van der Waals surface area contributed by atoms with E-state index in [2.05, 4.69) is 13.6 Å². The molecule has 0 aromatic carbocycles. The van der Waals surface area contributed by atoms with Gasteiger partial charge in [-0.1, -0.05) is 6.92 Å². The SMILES string of the molecule is CC(CNF)COP(=O)(O)OCCOP(=O)(O)O. The molecule has 0 aliphatic carbocycles. The van der Waals surface area contributed by atoms with Crippen LogP contribution in [0.15, 0.2) is 0 Å². The Hall–Kier alpha value is 0.110. The van der Waals surface area contributed by atoms with Gasteiger partial charge in [0.1, 0.15) is 0 Å². The van der Waals surface area contributed by atoms with E-state index in [1.807, 2.05) is 0 Å². The second-order valence-corrected chi connectivity index (χ2v) is 6.06. The van der Waals surface area contributed by atoms with Crippen molar-refractivity contribution in [3.05, 3.63) is 0 Å². The number of hydrogen-bond acceptors (Lipinski definition) is 6. The molecule has 0 radical (unpaired) electrons. The van der Waals surface area contributed by atoms with E-state index in [1.165, 1.54) is 5.54 Å². The van der Waals surface area contributed by atoms with Gasteiger partial charge in [0.2, 0.25) is 0 Å². The minimum absolute atomic E-state index is 0.0542. The molecule has 4 N–H and O–H groups in total. The fraction of sp³-hybridized carbons (Fsp3) is 1.00. The van der Waals surface area contributed by atoms with Crippen LogP contribution < -0.4 is 5.54 Å². The van der Waals surface area contributed by atoms with Crippen LogP contribution in [0.25, 0.3) is 0 Å². The molecular formula is C6H16FNO8P2. The van der Waals surface area contributed by atoms with E-state index in [4.69, 9.17) is 14.7 Å². The maximum atomic E-state index is 11.7. The lowest BCUT2D eigenvalue weighted by atomic mass is 10.2. The van der Waals surface area contributed by atoms with E-state index < -0.39 is 28.9 Å². The largest absolute Gasteiger partial charge is 0.472 e. The van der Waals surface area contributed by atoms with Crippen molar-refractivity contribution >= 4 is 15.6 Å². The van der Waals surface area contributed by atoms with Gasteiger partial charge in [-0.25, -0.2) is 9.13 Å². The van der Waals surface area contributed by atoms with Gasteiger partial charge in [0, 0.05) is 6.54 Å². The van der Waals surface area contributed by atoms with Crippen LogP contribution in [-0.4, -0.2) is 41.0 Å². The van der Waals surface area contributed by atoms with Crippen molar-refractivity contribution in [3.63, 3.8) is 0 Å². The molecular weight excluding hydrogens is 295 g/mol. The summed E-state index contributed by atoms with van der Waals surface area (Å²) in [4.78, 5) is 25.7. The Morgan fingerprint density at radius 1 is 1.17 bits per heavy atom. The molecule has 0 fully saturated rings. The number of hydrogen-bond donors (Lipinski definition) is 4. The van der Waals surface area contributed by atoms with Crippen molar-refractivity contribution in [1.29, 1.82) is 0 Å². The standard InChI is InChI=1S/C6H16FNO8P2/c1-6(4-8-7)5-16-18(12,13)15-3-2-14-17(9,10)11/h6,8H,2-5H2,1H3,(H,12,13)(H2,9,10,11). The topological polar surface area (TPSA) is 135 Å². The summed E-state index contributed by atoms with van der Waals surface area (Å²) in [7, 11) is -8.97. The van der Waals surface area contributed by atoms with Gasteiger partial charge >= 0.3 is 15.6 Å². The number of nitrogens with one attached hydrogen (secondary N) is 1. The third kappa shape index (κ3) is 11.2. The van der Waals surface area contributed by atoms with Gasteiger partial charge in [-0.3, -0.25) is 13.6 Å². The predicted octanol–water partition coefficient (Wildman–Crippen LogP) is 0.339. The second-order valence-electron chi connectivity index (χ2n) is 3.36. The van der Waals surface area contributed by atoms with Crippen LogP contribution in [0.5, 0.6) is 0 Å². The Balaban J connectivity index is 3.80. The van der Waals surface area contributed by atoms with E-state index in [0.29, 0.717) is 0 Å².